The maximum atomic E-state index is 13.0. The first-order valence-electron chi connectivity index (χ1n) is 27.1. The van der Waals surface area contributed by atoms with Gasteiger partial charge < -0.3 is 45.1 Å². The first-order chi connectivity index (χ1) is 31.7. The average molecular weight is 924 g/mol. The molecule has 7 atom stereocenters. The number of ether oxygens (including phenoxy) is 3. The Labute approximate surface area is 397 Å². The van der Waals surface area contributed by atoms with Crippen molar-refractivity contribution in [3.05, 3.63) is 24.3 Å². The third-order valence-electron chi connectivity index (χ3n) is 12.8. The van der Waals surface area contributed by atoms with Gasteiger partial charge >= 0.3 is 5.97 Å². The molecule has 1 rings (SSSR count). The van der Waals surface area contributed by atoms with Crippen LogP contribution in [0.5, 0.6) is 0 Å². The van der Waals surface area contributed by atoms with E-state index in [0.29, 0.717) is 19.4 Å². The van der Waals surface area contributed by atoms with Gasteiger partial charge in [0, 0.05) is 12.8 Å². The van der Waals surface area contributed by atoms with Crippen LogP contribution >= 0.6 is 0 Å². The summed E-state index contributed by atoms with van der Waals surface area (Å²) in [6, 6.07) is -0.813. The second kappa shape index (κ2) is 44.6. The molecular weight excluding hydrogens is 823 g/mol. The third kappa shape index (κ3) is 35.0. The summed E-state index contributed by atoms with van der Waals surface area (Å²) in [5, 5.41) is 54.1. The van der Waals surface area contributed by atoms with Crippen molar-refractivity contribution in [2.45, 2.75) is 288 Å². The van der Waals surface area contributed by atoms with E-state index in [1.807, 2.05) is 6.08 Å². The SMILES string of the molecule is CCCCC/C=C\CCCCCCCC(=O)OCCCCCCCCCCCCCCCCCCC(=O)NC(COC1OC(CO)C(O)C(O)C1O)C(O)/C=C/CCCCCCCCC. The Kier molecular flexibility index (Phi) is 42.0. The van der Waals surface area contributed by atoms with Crippen LogP contribution in [0.25, 0.3) is 0 Å². The number of carbonyl (C=O) groups excluding carboxylic acids is 2. The predicted octanol–water partition coefficient (Wildman–Crippen LogP) is 11.4. The molecule has 1 saturated heterocycles. The molecule has 65 heavy (non-hydrogen) atoms. The number of amides is 1. The molecule has 7 unspecified atom stereocenters. The van der Waals surface area contributed by atoms with Gasteiger partial charge in [-0.05, 0) is 57.8 Å². The summed E-state index contributed by atoms with van der Waals surface area (Å²) in [5.41, 5.74) is 0. The first kappa shape index (κ1) is 61.2. The standard InChI is InChI=1S/C54H101NO10/c1-3-5-7-9-11-13-14-22-26-30-34-38-42-50(59)63-43-39-35-31-27-23-20-18-16-15-17-19-21-25-29-33-37-41-49(58)55-46(47(57)40-36-32-28-24-12-10-8-6-4-2)45-64-54-53(62)52(61)51(60)48(44-56)65-54/h11,13,36,40,46-48,51-54,56-57,60-62H,3-10,12,14-35,37-39,41-45H2,1-2H3,(H,55,58)/b13-11-,40-36+. The third-order valence-corrected chi connectivity index (χ3v) is 12.8. The van der Waals surface area contributed by atoms with E-state index in [4.69, 9.17) is 14.2 Å². The molecule has 1 aliphatic heterocycles. The van der Waals surface area contributed by atoms with E-state index in [0.717, 1.165) is 70.6 Å². The summed E-state index contributed by atoms with van der Waals surface area (Å²) in [4.78, 5) is 25.0. The average Bonchev–Trinajstić information content (AvgIpc) is 3.30. The van der Waals surface area contributed by atoms with Gasteiger partial charge in [-0.3, -0.25) is 9.59 Å². The summed E-state index contributed by atoms with van der Waals surface area (Å²) in [7, 11) is 0. The van der Waals surface area contributed by atoms with E-state index < -0.39 is 49.5 Å². The highest BCUT2D eigenvalue weighted by atomic mass is 16.7. The highest BCUT2D eigenvalue weighted by molar-refractivity contribution is 5.76. The Morgan fingerprint density at radius 1 is 0.554 bits per heavy atom. The molecule has 1 amide bonds. The monoisotopic (exact) mass is 924 g/mol. The number of hydrogen-bond acceptors (Lipinski definition) is 10. The molecule has 1 aliphatic rings. The molecule has 1 heterocycles. The summed E-state index contributed by atoms with van der Waals surface area (Å²) in [5.74, 6) is -0.216. The van der Waals surface area contributed by atoms with Gasteiger partial charge in [0.25, 0.3) is 0 Å². The van der Waals surface area contributed by atoms with Crippen molar-refractivity contribution in [1.82, 2.24) is 5.32 Å². The second-order valence-corrected chi connectivity index (χ2v) is 18.9. The largest absolute Gasteiger partial charge is 0.466 e. The van der Waals surface area contributed by atoms with E-state index >= 15 is 0 Å². The molecule has 0 aromatic heterocycles. The number of aliphatic hydroxyl groups excluding tert-OH is 5. The Balaban J connectivity index is 2.08. The quantitative estimate of drug-likeness (QED) is 0.0196. The number of aliphatic hydroxyl groups is 5. The van der Waals surface area contributed by atoms with Crippen LogP contribution in [-0.4, -0.2) is 100 Å². The molecule has 0 bridgehead atoms. The van der Waals surface area contributed by atoms with Crippen LogP contribution in [0.3, 0.4) is 0 Å². The van der Waals surface area contributed by atoms with Crippen LogP contribution in [0.4, 0.5) is 0 Å². The Hall–Kier alpha value is -1.86. The zero-order valence-electron chi connectivity index (χ0n) is 41.7. The number of unbranched alkanes of at least 4 members (excludes halogenated alkanes) is 30. The van der Waals surface area contributed by atoms with Crippen LogP contribution in [0, 0.1) is 0 Å². The lowest BCUT2D eigenvalue weighted by Gasteiger charge is -2.40. The van der Waals surface area contributed by atoms with Gasteiger partial charge in [0.05, 0.1) is 32.0 Å². The molecule has 0 aliphatic carbocycles. The maximum Gasteiger partial charge on any atom is 0.305 e. The van der Waals surface area contributed by atoms with E-state index in [9.17, 15) is 35.1 Å². The lowest BCUT2D eigenvalue weighted by molar-refractivity contribution is -0.302. The zero-order valence-corrected chi connectivity index (χ0v) is 41.7. The first-order valence-corrected chi connectivity index (χ1v) is 27.1. The van der Waals surface area contributed by atoms with Gasteiger partial charge in [-0.1, -0.05) is 199 Å². The Morgan fingerprint density at radius 3 is 1.51 bits per heavy atom. The van der Waals surface area contributed by atoms with Crippen molar-refractivity contribution in [2.24, 2.45) is 0 Å². The van der Waals surface area contributed by atoms with Crippen LogP contribution in [0.15, 0.2) is 24.3 Å². The van der Waals surface area contributed by atoms with Gasteiger partial charge in [0.1, 0.15) is 24.4 Å². The molecule has 382 valence electrons. The van der Waals surface area contributed by atoms with Crippen molar-refractivity contribution in [3.63, 3.8) is 0 Å². The Bertz CT molecular complexity index is 1130. The summed E-state index contributed by atoms with van der Waals surface area (Å²) in [6.45, 7) is 4.26. The van der Waals surface area contributed by atoms with E-state index in [-0.39, 0.29) is 18.5 Å². The van der Waals surface area contributed by atoms with E-state index in [1.54, 1.807) is 6.08 Å². The van der Waals surface area contributed by atoms with Crippen molar-refractivity contribution in [2.75, 3.05) is 19.8 Å². The van der Waals surface area contributed by atoms with Crippen LogP contribution < -0.4 is 5.32 Å². The van der Waals surface area contributed by atoms with Crippen molar-refractivity contribution in [1.29, 1.82) is 0 Å². The predicted molar refractivity (Wildman–Crippen MR) is 264 cm³/mol. The van der Waals surface area contributed by atoms with E-state index in [2.05, 4.69) is 31.3 Å². The van der Waals surface area contributed by atoms with Crippen LogP contribution in [0.2, 0.25) is 0 Å². The summed E-state index contributed by atoms with van der Waals surface area (Å²) < 4.78 is 16.6. The number of allylic oxidation sites excluding steroid dienone is 3. The van der Waals surface area contributed by atoms with E-state index in [1.165, 1.54) is 148 Å². The minimum atomic E-state index is -1.57. The number of hydrogen-bond donors (Lipinski definition) is 6. The fourth-order valence-corrected chi connectivity index (χ4v) is 8.43. The smallest absolute Gasteiger partial charge is 0.305 e. The van der Waals surface area contributed by atoms with Gasteiger partial charge in [0.15, 0.2) is 6.29 Å². The molecule has 11 nitrogen and oxygen atoms in total. The summed E-state index contributed by atoms with van der Waals surface area (Å²) >= 11 is 0. The fraction of sp³-hybridized carbons (Fsp3) is 0.889. The van der Waals surface area contributed by atoms with Crippen molar-refractivity contribution in [3.8, 4) is 0 Å². The van der Waals surface area contributed by atoms with Crippen molar-refractivity contribution < 1.29 is 49.3 Å². The number of rotatable bonds is 46. The summed E-state index contributed by atoms with van der Waals surface area (Å²) in [6.07, 6.45) is 41.2. The highest BCUT2D eigenvalue weighted by Gasteiger charge is 2.44. The molecule has 0 radical (unpaired) electrons. The van der Waals surface area contributed by atoms with Crippen LogP contribution in [-0.2, 0) is 23.8 Å². The van der Waals surface area contributed by atoms with Gasteiger partial charge in [0.2, 0.25) is 5.91 Å². The van der Waals surface area contributed by atoms with Crippen LogP contribution in [0.1, 0.15) is 245 Å². The molecule has 11 heteroatoms. The lowest BCUT2D eigenvalue weighted by atomic mass is 9.99. The van der Waals surface area contributed by atoms with Gasteiger partial charge in [-0.25, -0.2) is 0 Å². The molecule has 0 aromatic carbocycles. The molecule has 1 fully saturated rings. The second-order valence-electron chi connectivity index (χ2n) is 18.9. The Morgan fingerprint density at radius 2 is 0.985 bits per heavy atom. The number of esters is 1. The number of carbonyl (C=O) groups is 2. The fourth-order valence-electron chi connectivity index (χ4n) is 8.43. The van der Waals surface area contributed by atoms with Gasteiger partial charge in [-0.2, -0.15) is 0 Å². The number of nitrogens with one attached hydrogen (secondary N) is 1. The highest BCUT2D eigenvalue weighted by Crippen LogP contribution is 2.23. The molecule has 0 spiro atoms. The minimum absolute atomic E-state index is 0.0253. The van der Waals surface area contributed by atoms with Gasteiger partial charge in [-0.15, -0.1) is 0 Å². The molecule has 0 saturated carbocycles. The topological polar surface area (TPSA) is 175 Å². The molecule has 6 N–H and O–H groups in total. The van der Waals surface area contributed by atoms with Crippen molar-refractivity contribution >= 4 is 11.9 Å². The minimum Gasteiger partial charge on any atom is -0.466 e. The normalized spacial score (nSPS) is 19.9. The molecular formula is C54H101NO10. The zero-order chi connectivity index (χ0) is 47.4. The maximum absolute atomic E-state index is 13.0. The lowest BCUT2D eigenvalue weighted by Crippen LogP contribution is -2.60. The molecule has 0 aromatic rings.